The molecule has 1 aromatic carbocycles. The van der Waals surface area contributed by atoms with Crippen LogP contribution in [-0.2, 0) is 9.53 Å². The van der Waals surface area contributed by atoms with Crippen LogP contribution in [0.1, 0.15) is 33.6 Å². The third kappa shape index (κ3) is 4.63. The van der Waals surface area contributed by atoms with E-state index in [0.717, 1.165) is 0 Å². The first-order valence-electron chi connectivity index (χ1n) is 7.66. The third-order valence-corrected chi connectivity index (χ3v) is 5.77. The number of amides is 1. The second-order valence-corrected chi connectivity index (χ2v) is 8.54. The molecule has 1 fully saturated rings. The van der Waals surface area contributed by atoms with Gasteiger partial charge in [-0.3, -0.25) is 4.90 Å². The standard InChI is InChI=1S/C16H16Cl5NO4/c1-16(2,3)26-15(24)22-6-4-5-7(22)14(23)25-13-11(20)9(18)8(17)10(19)12(13)21/h7H,4-6H2,1-3H3. The molecule has 1 aromatic rings. The van der Waals surface area contributed by atoms with E-state index in [-0.39, 0.29) is 30.9 Å². The van der Waals surface area contributed by atoms with Crippen molar-refractivity contribution in [1.82, 2.24) is 4.90 Å². The second kappa shape index (κ2) is 8.19. The van der Waals surface area contributed by atoms with Crippen LogP contribution in [0.3, 0.4) is 0 Å². The third-order valence-electron chi connectivity index (χ3n) is 3.53. The van der Waals surface area contributed by atoms with E-state index in [1.165, 1.54) is 4.90 Å². The van der Waals surface area contributed by atoms with Gasteiger partial charge in [-0.1, -0.05) is 58.0 Å². The summed E-state index contributed by atoms with van der Waals surface area (Å²) in [5.41, 5.74) is -0.683. The van der Waals surface area contributed by atoms with Crippen LogP contribution in [0, 0.1) is 0 Å². The van der Waals surface area contributed by atoms with Crippen molar-refractivity contribution in [3.63, 3.8) is 0 Å². The fraction of sp³-hybridized carbons (Fsp3) is 0.500. The van der Waals surface area contributed by atoms with Gasteiger partial charge in [-0.2, -0.15) is 0 Å². The Kier molecular flexibility index (Phi) is 6.84. The number of halogens is 5. The molecule has 26 heavy (non-hydrogen) atoms. The molecule has 0 radical (unpaired) electrons. The molecule has 0 N–H and O–H groups in total. The highest BCUT2D eigenvalue weighted by atomic mass is 35.5. The van der Waals surface area contributed by atoms with Crippen LogP contribution in [0.4, 0.5) is 4.79 Å². The highest BCUT2D eigenvalue weighted by Crippen LogP contribution is 2.48. The summed E-state index contributed by atoms with van der Waals surface area (Å²) in [6, 6.07) is -0.829. The van der Waals surface area contributed by atoms with Crippen molar-refractivity contribution >= 4 is 70.1 Å². The Labute approximate surface area is 176 Å². The monoisotopic (exact) mass is 461 g/mol. The molecule has 0 aromatic heterocycles. The van der Waals surface area contributed by atoms with E-state index >= 15 is 0 Å². The molecule has 1 aliphatic rings. The zero-order valence-corrected chi connectivity index (χ0v) is 17.9. The largest absolute Gasteiger partial charge is 0.444 e. The number of carbonyl (C=O) groups is 2. The van der Waals surface area contributed by atoms with Crippen LogP contribution in [0.15, 0.2) is 0 Å². The molecule has 5 nitrogen and oxygen atoms in total. The van der Waals surface area contributed by atoms with Crippen molar-refractivity contribution < 1.29 is 19.1 Å². The zero-order chi connectivity index (χ0) is 19.8. The molecule has 0 aliphatic carbocycles. The lowest BCUT2D eigenvalue weighted by atomic mass is 10.2. The summed E-state index contributed by atoms with van der Waals surface area (Å²) in [6.45, 7) is 5.60. The summed E-state index contributed by atoms with van der Waals surface area (Å²) in [5, 5.41) is -0.483. The van der Waals surface area contributed by atoms with E-state index in [9.17, 15) is 9.59 Å². The molecule has 0 spiro atoms. The van der Waals surface area contributed by atoms with E-state index in [1.54, 1.807) is 20.8 Å². The van der Waals surface area contributed by atoms with Crippen molar-refractivity contribution in [1.29, 1.82) is 0 Å². The molecule has 1 saturated heterocycles. The molecule has 10 heteroatoms. The summed E-state index contributed by atoms with van der Waals surface area (Å²) >= 11 is 30.0. The molecule has 1 amide bonds. The summed E-state index contributed by atoms with van der Waals surface area (Å²) in [6.07, 6.45) is 0.451. The number of carbonyl (C=O) groups excluding carboxylic acids is 2. The molecule has 1 atom stereocenters. The fourth-order valence-corrected chi connectivity index (χ4v) is 3.59. The summed E-state index contributed by atoms with van der Waals surface area (Å²) < 4.78 is 10.6. The highest BCUT2D eigenvalue weighted by molar-refractivity contribution is 6.55. The number of nitrogens with zero attached hydrogens (tertiary/aromatic N) is 1. The minimum absolute atomic E-state index is 0.0422. The average Bonchev–Trinajstić information content (AvgIpc) is 3.03. The molecule has 1 aliphatic heterocycles. The first-order valence-corrected chi connectivity index (χ1v) is 9.55. The number of esters is 1. The maximum atomic E-state index is 12.6. The van der Waals surface area contributed by atoms with Crippen molar-refractivity contribution in [2.75, 3.05) is 6.54 Å². The Balaban J connectivity index is 2.24. The van der Waals surface area contributed by atoms with Gasteiger partial charge in [-0.15, -0.1) is 0 Å². The van der Waals surface area contributed by atoms with E-state index < -0.39 is 23.7 Å². The van der Waals surface area contributed by atoms with Gasteiger partial charge < -0.3 is 9.47 Å². The number of ether oxygens (including phenoxy) is 2. The molecular formula is C16H16Cl5NO4. The van der Waals surface area contributed by atoms with Crippen LogP contribution in [0.5, 0.6) is 5.75 Å². The van der Waals surface area contributed by atoms with E-state index in [4.69, 9.17) is 67.5 Å². The lowest BCUT2D eigenvalue weighted by molar-refractivity contribution is -0.139. The van der Waals surface area contributed by atoms with E-state index in [1.807, 2.05) is 0 Å². The van der Waals surface area contributed by atoms with Crippen LogP contribution in [0.2, 0.25) is 25.1 Å². The number of hydrogen-bond donors (Lipinski definition) is 0. The Morgan fingerprint density at radius 1 is 0.962 bits per heavy atom. The summed E-state index contributed by atoms with van der Waals surface area (Å²) in [5.74, 6) is -0.916. The molecule has 0 bridgehead atoms. The Hall–Kier alpha value is -0.590. The molecular weight excluding hydrogens is 447 g/mol. The SMILES string of the molecule is CC(C)(C)OC(=O)N1CCCC1C(=O)Oc1c(Cl)c(Cl)c(Cl)c(Cl)c1Cl. The zero-order valence-electron chi connectivity index (χ0n) is 14.2. The molecule has 2 rings (SSSR count). The van der Waals surface area contributed by atoms with Crippen molar-refractivity contribution in [3.8, 4) is 5.75 Å². The smallest absolute Gasteiger partial charge is 0.411 e. The number of benzene rings is 1. The summed E-state index contributed by atoms with van der Waals surface area (Å²) in [7, 11) is 0. The van der Waals surface area contributed by atoms with Crippen molar-refractivity contribution in [2.24, 2.45) is 0 Å². The topological polar surface area (TPSA) is 55.8 Å². The number of hydrogen-bond acceptors (Lipinski definition) is 4. The van der Waals surface area contributed by atoms with Gasteiger partial charge in [0.15, 0.2) is 5.75 Å². The quantitative estimate of drug-likeness (QED) is 0.225. The van der Waals surface area contributed by atoms with Gasteiger partial charge in [0.1, 0.15) is 21.7 Å². The lowest BCUT2D eigenvalue weighted by Crippen LogP contribution is -2.44. The fourth-order valence-electron chi connectivity index (χ4n) is 2.39. The lowest BCUT2D eigenvalue weighted by Gasteiger charge is -2.27. The van der Waals surface area contributed by atoms with Gasteiger partial charge in [0.2, 0.25) is 0 Å². The minimum Gasteiger partial charge on any atom is -0.444 e. The number of rotatable bonds is 2. The molecule has 0 saturated carbocycles. The molecule has 144 valence electrons. The van der Waals surface area contributed by atoms with Crippen LogP contribution in [-0.4, -0.2) is 35.2 Å². The van der Waals surface area contributed by atoms with E-state index in [0.29, 0.717) is 19.4 Å². The Morgan fingerprint density at radius 3 is 1.96 bits per heavy atom. The second-order valence-electron chi connectivity index (χ2n) is 6.65. The maximum absolute atomic E-state index is 12.6. The Bertz CT molecular complexity index is 718. The van der Waals surface area contributed by atoms with Crippen LogP contribution < -0.4 is 4.74 Å². The first kappa shape index (κ1) is 21.7. The van der Waals surface area contributed by atoms with E-state index in [2.05, 4.69) is 0 Å². The van der Waals surface area contributed by atoms with Crippen LogP contribution in [0.25, 0.3) is 0 Å². The van der Waals surface area contributed by atoms with Gasteiger partial charge in [0.05, 0.1) is 15.1 Å². The maximum Gasteiger partial charge on any atom is 0.411 e. The van der Waals surface area contributed by atoms with Gasteiger partial charge >= 0.3 is 12.1 Å². The van der Waals surface area contributed by atoms with Crippen molar-refractivity contribution in [3.05, 3.63) is 25.1 Å². The predicted molar refractivity (Wildman–Crippen MR) is 103 cm³/mol. The van der Waals surface area contributed by atoms with Gasteiger partial charge in [-0.25, -0.2) is 9.59 Å². The average molecular weight is 464 g/mol. The predicted octanol–water partition coefficient (Wildman–Crippen LogP) is 6.26. The molecule has 1 unspecified atom stereocenters. The highest BCUT2D eigenvalue weighted by Gasteiger charge is 2.38. The number of likely N-dealkylation sites (tertiary alicyclic amines) is 1. The van der Waals surface area contributed by atoms with Crippen LogP contribution >= 0.6 is 58.0 Å². The Morgan fingerprint density at radius 2 is 1.46 bits per heavy atom. The minimum atomic E-state index is -0.829. The van der Waals surface area contributed by atoms with Gasteiger partial charge in [0, 0.05) is 6.54 Å². The first-order chi connectivity index (χ1) is 11.9. The van der Waals surface area contributed by atoms with Crippen molar-refractivity contribution in [2.45, 2.75) is 45.3 Å². The van der Waals surface area contributed by atoms with Gasteiger partial charge in [-0.05, 0) is 33.6 Å². The van der Waals surface area contributed by atoms with Gasteiger partial charge in [0.25, 0.3) is 0 Å². The normalized spacial score (nSPS) is 17.4. The molecule has 1 heterocycles. The summed E-state index contributed by atoms with van der Waals surface area (Å²) in [4.78, 5) is 26.2.